The number of carbonyl (C=O) groups excluding carboxylic acids is 1. The molecule has 1 radical (unpaired) electrons. The van der Waals surface area contributed by atoms with E-state index in [1.165, 1.54) is 27.1 Å². The van der Waals surface area contributed by atoms with Crippen molar-refractivity contribution in [2.45, 2.75) is 43.1 Å². The summed E-state index contributed by atoms with van der Waals surface area (Å²) in [5.74, 6) is 0. The van der Waals surface area contributed by atoms with Gasteiger partial charge in [0.15, 0.2) is 0 Å². The molecule has 10 heteroatoms. The van der Waals surface area contributed by atoms with Crippen molar-refractivity contribution >= 4 is 53.1 Å². The molecule has 195 valence electrons. The molecule has 0 saturated carbocycles. The quantitative estimate of drug-likeness (QED) is 0.109. The summed E-state index contributed by atoms with van der Waals surface area (Å²) < 4.78 is 0. The molecule has 0 saturated heterocycles. The fourth-order valence-electron chi connectivity index (χ4n) is 0.167. The number of aldehydes is 1. The zero-order chi connectivity index (χ0) is 23.7. The Morgan fingerprint density at radius 1 is 0.800 bits per heavy atom. The number of hydrogen-bond donors (Lipinski definition) is 6. The second kappa shape index (κ2) is 300. The smallest absolute Gasteiger partial charge is 0.116 e. The molecule has 0 aromatic heterocycles. The first-order chi connectivity index (χ1) is 12.6. The van der Waals surface area contributed by atoms with Crippen molar-refractivity contribution in [3.63, 3.8) is 0 Å². The van der Waals surface area contributed by atoms with Crippen molar-refractivity contribution in [2.75, 3.05) is 60.3 Å². The van der Waals surface area contributed by atoms with Gasteiger partial charge in [-0.15, -0.1) is 0 Å². The van der Waals surface area contributed by atoms with Gasteiger partial charge in [-0.3, -0.25) is 6.08 Å². The van der Waals surface area contributed by atoms with E-state index in [2.05, 4.69) is 59.9 Å². The Bertz CT molecular complexity index is 146. The van der Waals surface area contributed by atoms with Crippen LogP contribution < -0.4 is 22.1 Å². The van der Waals surface area contributed by atoms with Crippen LogP contribution in [-0.4, -0.2) is 66.5 Å². The monoisotopic (exact) mass is 590 g/mol. The zero-order valence-electron chi connectivity index (χ0n) is 19.7. The van der Waals surface area contributed by atoms with Crippen LogP contribution in [0.15, 0.2) is 18.4 Å². The summed E-state index contributed by atoms with van der Waals surface area (Å²) in [5.41, 5.74) is 9.00. The summed E-state index contributed by atoms with van der Waals surface area (Å²) >= 11 is 7.06. The van der Waals surface area contributed by atoms with E-state index < -0.39 is 0 Å². The molecule has 0 aromatic carbocycles. The third-order valence-electron chi connectivity index (χ3n) is 0.500. The second-order valence-corrected chi connectivity index (χ2v) is 4.86. The first kappa shape index (κ1) is 85.8. The molecule has 6 N–H and O–H groups in total. The number of nitrogens with one attached hydrogen (secondary N) is 2. The number of nitrogens with two attached hydrogens (primary N) is 2. The molecule has 0 amide bonds. The van der Waals surface area contributed by atoms with E-state index in [4.69, 9.17) is 11.4 Å². The van der Waals surface area contributed by atoms with E-state index in [-0.39, 0.29) is 55.0 Å². The molecule has 0 fully saturated rings. The van der Waals surface area contributed by atoms with Crippen LogP contribution >= 0.6 is 46.8 Å². The van der Waals surface area contributed by atoms with Crippen molar-refractivity contribution in [3.05, 3.63) is 24.9 Å². The Morgan fingerprint density at radius 2 is 0.933 bits per heavy atom. The average Bonchev–Trinajstić information content (AvgIpc) is 2.71. The summed E-state index contributed by atoms with van der Waals surface area (Å²) in [6.45, 7) is 9.91. The van der Waals surface area contributed by atoms with E-state index in [0.29, 0.717) is 0 Å². The van der Waals surface area contributed by atoms with Gasteiger partial charge in [0.25, 0.3) is 0 Å². The molecule has 0 bridgehead atoms. The van der Waals surface area contributed by atoms with Crippen molar-refractivity contribution in [1.29, 1.82) is 0 Å². The van der Waals surface area contributed by atoms with Crippen molar-refractivity contribution < 1.29 is 37.5 Å². The maximum absolute atomic E-state index is 8.81. The van der Waals surface area contributed by atoms with Crippen LogP contribution in [0.1, 0.15) is 43.1 Å². The minimum absolute atomic E-state index is 0. The van der Waals surface area contributed by atoms with Gasteiger partial charge in [0.2, 0.25) is 0 Å². The maximum Gasteiger partial charge on any atom is 0.116 e. The first-order valence-electron chi connectivity index (χ1n) is 7.46. The Balaban J connectivity index is -0.00000000990. The Hall–Kier alpha value is 1.33. The molecule has 0 rings (SSSR count). The van der Waals surface area contributed by atoms with Crippen molar-refractivity contribution in [2.24, 2.45) is 11.5 Å². The predicted molar refractivity (Wildman–Crippen MR) is 162 cm³/mol. The van der Waals surface area contributed by atoms with Gasteiger partial charge in [0, 0.05) is 39.8 Å². The molecule has 5 nitrogen and oxygen atoms in total. The largest absolute Gasteiger partial charge is 0.518 e. The van der Waals surface area contributed by atoms with Gasteiger partial charge in [-0.2, -0.15) is 25.3 Å². The number of hydrogen-bond acceptors (Lipinski definition) is 9. The normalized spacial score (nSPS) is 4.80. The molecule has 0 unspecified atom stereocenters. The number of allylic oxidation sites excluding steroid dienone is 2. The molecule has 0 spiro atoms. The van der Waals surface area contributed by atoms with Crippen molar-refractivity contribution in [3.8, 4) is 0 Å². The van der Waals surface area contributed by atoms with Gasteiger partial charge >= 0.3 is 0 Å². The number of thiol groups is 2. The Morgan fingerprint density at radius 3 is 0.933 bits per heavy atom. The molecule has 30 heavy (non-hydrogen) atoms. The Kier molecular flexibility index (Phi) is 857. The minimum Gasteiger partial charge on any atom is -0.518 e. The summed E-state index contributed by atoms with van der Waals surface area (Å²) in [6, 6.07) is 0. The van der Waals surface area contributed by atoms with Gasteiger partial charge in [0.05, 0.1) is 0 Å². The average molecular weight is 591 g/mol. The maximum atomic E-state index is 8.81. The predicted octanol–water partition coefficient (Wildman–Crippen LogP) is 5.55. The van der Waals surface area contributed by atoms with Crippen LogP contribution in [0.5, 0.6) is 0 Å². The number of carbonyl (C=O) groups is 1. The Labute approximate surface area is 239 Å². The van der Waals surface area contributed by atoms with E-state index >= 15 is 0 Å². The SMILES string of the molecule is C.C.C.CC=CNC.CC=O.CN.CN.CNC.CS.CS.CSSC.[CH-]=CC.[Y]. The van der Waals surface area contributed by atoms with E-state index in [1.807, 2.05) is 40.3 Å². The fraction of sp³-hybridized carbons (Fsp3) is 0.750. The van der Waals surface area contributed by atoms with Gasteiger partial charge in [-0.05, 0) is 73.3 Å². The summed E-state index contributed by atoms with van der Waals surface area (Å²) in [6.07, 6.45) is 13.6. The van der Waals surface area contributed by atoms with Gasteiger partial charge in [-0.25, -0.2) is 0 Å². The van der Waals surface area contributed by atoms with Crippen molar-refractivity contribution in [1.82, 2.24) is 10.6 Å². The second-order valence-electron chi connectivity index (χ2n) is 2.19. The standard InChI is InChI=1S/C4H9N.C3H5.C2H7N.C2H4O.C2H6S2.2CH5N.2CH4S.3CH4.Y/c1-3-4-5-2;2*1-3-2;1-2-3;1-3-4-2;4*1-2;;;;/h3-5H,1-2H3;1,3H,2H3;3H,1-2H3;2H,1H3;1-2H3;2*2H2,1H3;2*2H,1H3;3*1H4;/q;-1;;;;;;;;;;;. The van der Waals surface area contributed by atoms with E-state index in [9.17, 15) is 0 Å². The third-order valence-corrected chi connectivity index (χ3v) is 1.83. The van der Waals surface area contributed by atoms with Crippen LogP contribution in [0.25, 0.3) is 0 Å². The van der Waals surface area contributed by atoms with Crippen LogP contribution in [0.3, 0.4) is 0 Å². The molecular weight excluding hydrogens is 529 g/mol. The molecule has 0 aromatic rings. The zero-order valence-corrected chi connectivity index (χ0v) is 26.0. The van der Waals surface area contributed by atoms with Crippen LogP contribution in [0.4, 0.5) is 0 Å². The summed E-state index contributed by atoms with van der Waals surface area (Å²) in [5, 5.41) is 5.59. The number of rotatable bonds is 2. The minimum atomic E-state index is 0. The van der Waals surface area contributed by atoms with Crippen LogP contribution in [0, 0.1) is 6.58 Å². The van der Waals surface area contributed by atoms with E-state index in [0.717, 1.165) is 6.29 Å². The summed E-state index contributed by atoms with van der Waals surface area (Å²) in [7, 11) is 12.2. The molecular formula is C20H61N4OS4Y-. The fourth-order valence-corrected chi connectivity index (χ4v) is 0.167. The van der Waals surface area contributed by atoms with Gasteiger partial charge in [0.1, 0.15) is 6.29 Å². The third kappa shape index (κ3) is 1250. The van der Waals surface area contributed by atoms with Gasteiger partial charge < -0.3 is 33.5 Å². The molecule has 0 aliphatic carbocycles. The van der Waals surface area contributed by atoms with Crippen LogP contribution in [0.2, 0.25) is 0 Å². The molecule has 0 aliphatic heterocycles. The van der Waals surface area contributed by atoms with Gasteiger partial charge in [-0.1, -0.05) is 56.9 Å². The topological polar surface area (TPSA) is 93.2 Å². The first-order valence-corrected chi connectivity index (χ1v) is 12.2. The summed E-state index contributed by atoms with van der Waals surface area (Å²) in [4.78, 5) is 8.81. The van der Waals surface area contributed by atoms with Crippen LogP contribution in [-0.2, 0) is 37.5 Å². The van der Waals surface area contributed by atoms with E-state index in [1.54, 1.807) is 41.0 Å². The molecule has 0 heterocycles. The molecule has 0 aliphatic rings. The molecule has 0 atom stereocenters.